The van der Waals surface area contributed by atoms with Crippen LogP contribution in [0, 0.1) is 0 Å². The van der Waals surface area contributed by atoms with E-state index >= 15 is 0 Å². The van der Waals surface area contributed by atoms with Crippen LogP contribution >= 0.6 is 7.82 Å². The van der Waals surface area contributed by atoms with Crippen molar-refractivity contribution < 1.29 is 42.1 Å². The second-order valence-corrected chi connectivity index (χ2v) is 26.6. The number of phosphoric ester groups is 1. The standard InChI is InChI=1S/C82H136NO8P/c1-6-8-10-12-14-16-18-20-22-24-26-28-30-32-34-36-38-40-41-43-45-47-49-51-53-55-57-59-61-63-65-67-69-71-73-75-82(85)91-80(79-90-92(86,87)89-77-76-83(3,4)5)78-88-81(84)74-72-70-68-66-64-62-60-58-56-54-52-50-48-46-44-42-39-37-35-33-31-29-27-25-23-21-19-17-15-13-11-9-7-2/h8-11,14-17,20-23,26-29,32-35,38,40,43,45,49,51,55,57,80H,6-7,12-13,18-19,24-25,30-31,36-37,39,41-42,44,46-48,50,52-54,56,58-79H2,1-5H3/b10-8-,11-9-,16-14-,17-15-,22-20-,23-21-,28-26-,29-27-,34-32-,35-33-,40-38-,45-43-,51-49-,57-55-. The predicted molar refractivity (Wildman–Crippen MR) is 396 cm³/mol. The summed E-state index contributed by atoms with van der Waals surface area (Å²) in [5.41, 5.74) is 0. The molecule has 0 aromatic rings. The highest BCUT2D eigenvalue weighted by Gasteiger charge is 2.22. The van der Waals surface area contributed by atoms with E-state index in [9.17, 15) is 19.0 Å². The van der Waals surface area contributed by atoms with Crippen molar-refractivity contribution in [1.29, 1.82) is 0 Å². The van der Waals surface area contributed by atoms with Crippen LogP contribution in [0.25, 0.3) is 0 Å². The van der Waals surface area contributed by atoms with E-state index in [1.807, 2.05) is 21.1 Å². The molecular formula is C82H136NO8P. The van der Waals surface area contributed by atoms with Gasteiger partial charge in [-0.1, -0.05) is 312 Å². The van der Waals surface area contributed by atoms with Gasteiger partial charge < -0.3 is 27.9 Å². The lowest BCUT2D eigenvalue weighted by atomic mass is 10.0. The van der Waals surface area contributed by atoms with Crippen molar-refractivity contribution >= 4 is 19.8 Å². The van der Waals surface area contributed by atoms with Gasteiger partial charge in [0.1, 0.15) is 19.8 Å². The lowest BCUT2D eigenvalue weighted by molar-refractivity contribution is -0.870. The smallest absolute Gasteiger partial charge is 0.306 e. The van der Waals surface area contributed by atoms with Gasteiger partial charge in [0, 0.05) is 12.8 Å². The molecule has 0 aliphatic heterocycles. The molecule has 522 valence electrons. The van der Waals surface area contributed by atoms with Gasteiger partial charge in [0.15, 0.2) is 6.10 Å². The number of quaternary nitrogens is 1. The van der Waals surface area contributed by atoms with Crippen LogP contribution < -0.4 is 4.89 Å². The summed E-state index contributed by atoms with van der Waals surface area (Å²) < 4.78 is 34.3. The Hall–Kier alpha value is -4.63. The fourth-order valence-electron chi connectivity index (χ4n) is 9.68. The molecule has 0 aliphatic carbocycles. The summed E-state index contributed by atoms with van der Waals surface area (Å²) in [6, 6.07) is 0. The maximum atomic E-state index is 12.9. The number of unbranched alkanes of at least 4 members (excludes halogenated alkanes) is 24. The minimum Gasteiger partial charge on any atom is -0.756 e. The molecule has 0 radical (unpaired) electrons. The van der Waals surface area contributed by atoms with Crippen LogP contribution in [0.15, 0.2) is 170 Å². The molecule has 0 saturated heterocycles. The number of carbonyl (C=O) groups is 2. The molecular weight excluding hydrogens is 1160 g/mol. The van der Waals surface area contributed by atoms with Crippen molar-refractivity contribution in [1.82, 2.24) is 0 Å². The molecule has 0 N–H and O–H groups in total. The van der Waals surface area contributed by atoms with E-state index in [0.29, 0.717) is 17.4 Å². The lowest BCUT2D eigenvalue weighted by Crippen LogP contribution is -2.37. The maximum Gasteiger partial charge on any atom is 0.306 e. The van der Waals surface area contributed by atoms with Crippen molar-refractivity contribution in [2.24, 2.45) is 0 Å². The topological polar surface area (TPSA) is 111 Å². The number of nitrogens with zero attached hydrogens (tertiary/aromatic N) is 1. The Labute approximate surface area is 566 Å². The van der Waals surface area contributed by atoms with Crippen molar-refractivity contribution in [3.8, 4) is 0 Å². The number of allylic oxidation sites excluding steroid dienone is 28. The molecule has 0 aromatic carbocycles. The third-order valence-electron chi connectivity index (χ3n) is 15.2. The van der Waals surface area contributed by atoms with Crippen LogP contribution in [0.4, 0.5) is 0 Å². The van der Waals surface area contributed by atoms with Crippen LogP contribution in [0.1, 0.15) is 284 Å². The summed E-state index contributed by atoms with van der Waals surface area (Å²) in [5.74, 6) is -0.850. The zero-order chi connectivity index (χ0) is 66.9. The minimum atomic E-state index is -4.66. The number of ether oxygens (including phenoxy) is 2. The van der Waals surface area contributed by atoms with E-state index in [2.05, 4.69) is 184 Å². The molecule has 2 atom stereocenters. The molecule has 0 fully saturated rings. The number of rotatable bonds is 66. The van der Waals surface area contributed by atoms with Crippen LogP contribution in [-0.4, -0.2) is 70.0 Å². The summed E-state index contributed by atoms with van der Waals surface area (Å²) >= 11 is 0. The van der Waals surface area contributed by atoms with Gasteiger partial charge in [-0.05, 0) is 128 Å². The molecule has 0 aromatic heterocycles. The zero-order valence-electron chi connectivity index (χ0n) is 59.4. The molecule has 0 rings (SSSR count). The Morgan fingerprint density at radius 1 is 0.337 bits per heavy atom. The van der Waals surface area contributed by atoms with Crippen molar-refractivity contribution in [2.75, 3.05) is 47.5 Å². The van der Waals surface area contributed by atoms with Gasteiger partial charge >= 0.3 is 11.9 Å². The number of esters is 2. The molecule has 0 amide bonds. The highest BCUT2D eigenvalue weighted by atomic mass is 31.2. The first-order valence-corrected chi connectivity index (χ1v) is 38.3. The average molecular weight is 1290 g/mol. The predicted octanol–water partition coefficient (Wildman–Crippen LogP) is 23.9. The average Bonchev–Trinajstić information content (AvgIpc) is 2.14. The third-order valence-corrected chi connectivity index (χ3v) is 16.2. The molecule has 0 aliphatic rings. The minimum absolute atomic E-state index is 0.0407. The number of likely N-dealkylation sites (N-methyl/N-ethyl adjacent to an activating group) is 1. The van der Waals surface area contributed by atoms with E-state index in [1.165, 1.54) is 109 Å². The number of phosphoric acid groups is 1. The summed E-state index contributed by atoms with van der Waals surface area (Å²) in [6.07, 6.45) is 107. The van der Waals surface area contributed by atoms with Crippen LogP contribution in [0.5, 0.6) is 0 Å². The maximum absolute atomic E-state index is 12.9. The molecule has 10 heteroatoms. The van der Waals surface area contributed by atoms with E-state index in [0.717, 1.165) is 141 Å². The van der Waals surface area contributed by atoms with E-state index < -0.39 is 26.5 Å². The normalized spacial score (nSPS) is 14.1. The van der Waals surface area contributed by atoms with Gasteiger partial charge in [-0.2, -0.15) is 0 Å². The molecule has 92 heavy (non-hydrogen) atoms. The van der Waals surface area contributed by atoms with Gasteiger partial charge in [0.25, 0.3) is 7.82 Å². The third kappa shape index (κ3) is 74.4. The summed E-state index contributed by atoms with van der Waals surface area (Å²) in [4.78, 5) is 38.1. The number of carbonyl (C=O) groups excluding carboxylic acids is 2. The molecule has 2 unspecified atom stereocenters. The van der Waals surface area contributed by atoms with Gasteiger partial charge in [-0.3, -0.25) is 14.2 Å². The largest absolute Gasteiger partial charge is 0.756 e. The van der Waals surface area contributed by atoms with Crippen LogP contribution in [-0.2, 0) is 32.7 Å². The first-order valence-electron chi connectivity index (χ1n) is 36.8. The highest BCUT2D eigenvalue weighted by molar-refractivity contribution is 7.45. The summed E-state index contributed by atoms with van der Waals surface area (Å²) in [6.45, 7) is 4.00. The Balaban J connectivity index is 4.10. The van der Waals surface area contributed by atoms with Gasteiger partial charge in [-0.25, -0.2) is 0 Å². The Kier molecular flexibility index (Phi) is 67.1. The Morgan fingerprint density at radius 2 is 0.587 bits per heavy atom. The second-order valence-electron chi connectivity index (χ2n) is 25.2. The molecule has 0 bridgehead atoms. The second kappa shape index (κ2) is 70.7. The quantitative estimate of drug-likeness (QED) is 0.0195. The molecule has 0 saturated carbocycles. The highest BCUT2D eigenvalue weighted by Crippen LogP contribution is 2.38. The van der Waals surface area contributed by atoms with Crippen molar-refractivity contribution in [2.45, 2.75) is 290 Å². The van der Waals surface area contributed by atoms with Crippen LogP contribution in [0.2, 0.25) is 0 Å². The first-order chi connectivity index (χ1) is 45.0. The first kappa shape index (κ1) is 87.4. The van der Waals surface area contributed by atoms with E-state index in [-0.39, 0.29) is 32.0 Å². The molecule has 0 heterocycles. The van der Waals surface area contributed by atoms with Crippen LogP contribution in [0.3, 0.4) is 0 Å². The van der Waals surface area contributed by atoms with Gasteiger partial charge in [0.2, 0.25) is 0 Å². The lowest BCUT2D eigenvalue weighted by Gasteiger charge is -2.28. The van der Waals surface area contributed by atoms with Crippen molar-refractivity contribution in [3.63, 3.8) is 0 Å². The van der Waals surface area contributed by atoms with Gasteiger partial charge in [-0.15, -0.1) is 0 Å². The van der Waals surface area contributed by atoms with Gasteiger partial charge in [0.05, 0.1) is 27.7 Å². The number of hydrogen-bond acceptors (Lipinski definition) is 8. The van der Waals surface area contributed by atoms with Crippen molar-refractivity contribution in [3.05, 3.63) is 170 Å². The Morgan fingerprint density at radius 3 is 0.870 bits per heavy atom. The summed E-state index contributed by atoms with van der Waals surface area (Å²) in [7, 11) is 1.14. The fraction of sp³-hybridized carbons (Fsp3) is 0.634. The Bertz CT molecular complexity index is 2160. The molecule has 0 spiro atoms. The zero-order valence-corrected chi connectivity index (χ0v) is 60.3. The monoisotopic (exact) mass is 1290 g/mol. The SMILES string of the molecule is CC/C=C\C/C=C\C/C=C\C/C=C\C/C=C\C/C=C\C/C=C\C/C=C\C/C=C\CCCCCCCCCC(=O)OC(COC(=O)CCCCCCCCCCCCCCCCCCC/C=C\C/C=C\C/C=C\C/C=C\C/C=C\CC)COP(=O)([O-])OCC[N+](C)(C)C. The number of hydrogen-bond donors (Lipinski definition) is 0. The van der Waals surface area contributed by atoms with E-state index in [1.54, 1.807) is 0 Å². The summed E-state index contributed by atoms with van der Waals surface area (Å²) in [5, 5.41) is 0. The van der Waals surface area contributed by atoms with E-state index in [4.69, 9.17) is 18.5 Å². The molecule has 9 nitrogen and oxygen atoms in total. The fourth-order valence-corrected chi connectivity index (χ4v) is 10.4.